The first-order chi connectivity index (χ1) is 12.3. The Morgan fingerprint density at radius 3 is 2.64 bits per heavy atom. The number of aromatic nitrogens is 2. The van der Waals surface area contributed by atoms with E-state index in [0.717, 1.165) is 12.0 Å². The minimum atomic E-state index is -0.167. The lowest BCUT2D eigenvalue weighted by Crippen LogP contribution is -2.33. The molecular formula is C20H19N3O2. The second-order valence-corrected chi connectivity index (χ2v) is 5.59. The highest BCUT2D eigenvalue weighted by Crippen LogP contribution is 2.20. The van der Waals surface area contributed by atoms with Crippen LogP contribution in [0.4, 0.5) is 0 Å². The van der Waals surface area contributed by atoms with Gasteiger partial charge in [0.2, 0.25) is 0 Å². The zero-order valence-corrected chi connectivity index (χ0v) is 13.8. The van der Waals surface area contributed by atoms with Crippen molar-refractivity contribution in [1.82, 2.24) is 15.0 Å². The standard InChI is InChI=1S/C20H19N3O2/c1-2-13-23(14-10-16-6-4-3-5-7-16)20(24)18-15-19(25-22-18)17-8-11-21-12-9-17/h2-9,11-12,15H,1,10,13-14H2. The average molecular weight is 333 g/mol. The quantitative estimate of drug-likeness (QED) is 0.620. The first-order valence-electron chi connectivity index (χ1n) is 8.09. The van der Waals surface area contributed by atoms with Crippen LogP contribution in [0.1, 0.15) is 16.1 Å². The van der Waals surface area contributed by atoms with Crippen LogP contribution >= 0.6 is 0 Å². The molecule has 0 fully saturated rings. The van der Waals surface area contributed by atoms with Crippen molar-refractivity contribution in [2.24, 2.45) is 0 Å². The zero-order valence-electron chi connectivity index (χ0n) is 13.8. The summed E-state index contributed by atoms with van der Waals surface area (Å²) in [6.07, 6.45) is 5.83. The van der Waals surface area contributed by atoms with Crippen molar-refractivity contribution in [3.8, 4) is 11.3 Å². The molecule has 0 bridgehead atoms. The molecule has 0 atom stereocenters. The van der Waals surface area contributed by atoms with Crippen LogP contribution in [0.3, 0.4) is 0 Å². The van der Waals surface area contributed by atoms with Gasteiger partial charge in [-0.25, -0.2) is 0 Å². The molecule has 126 valence electrons. The van der Waals surface area contributed by atoms with Crippen LogP contribution in [0.15, 0.2) is 78.1 Å². The van der Waals surface area contributed by atoms with Gasteiger partial charge in [0.1, 0.15) is 0 Å². The topological polar surface area (TPSA) is 59.2 Å². The fraction of sp³-hybridized carbons (Fsp3) is 0.150. The van der Waals surface area contributed by atoms with E-state index in [2.05, 4.69) is 16.7 Å². The molecule has 0 saturated carbocycles. The third-order valence-electron chi connectivity index (χ3n) is 3.84. The smallest absolute Gasteiger partial charge is 0.276 e. The number of rotatable bonds is 7. The lowest BCUT2D eigenvalue weighted by atomic mass is 10.1. The molecule has 3 aromatic rings. The molecule has 0 N–H and O–H groups in total. The molecule has 0 saturated heterocycles. The maximum Gasteiger partial charge on any atom is 0.276 e. The van der Waals surface area contributed by atoms with Gasteiger partial charge < -0.3 is 9.42 Å². The van der Waals surface area contributed by atoms with Crippen LogP contribution in [0, 0.1) is 0 Å². The largest absolute Gasteiger partial charge is 0.355 e. The monoisotopic (exact) mass is 333 g/mol. The predicted molar refractivity (Wildman–Crippen MR) is 96.0 cm³/mol. The van der Waals surface area contributed by atoms with Gasteiger partial charge in [0.25, 0.3) is 5.91 Å². The molecule has 3 rings (SSSR count). The van der Waals surface area contributed by atoms with Gasteiger partial charge >= 0.3 is 0 Å². The summed E-state index contributed by atoms with van der Waals surface area (Å²) in [4.78, 5) is 18.4. The number of amides is 1. The molecule has 0 aliphatic heterocycles. The number of nitrogens with zero attached hydrogens (tertiary/aromatic N) is 3. The Kier molecular flexibility index (Phi) is 5.36. The summed E-state index contributed by atoms with van der Waals surface area (Å²) in [6.45, 7) is 4.79. The Labute approximate surface area is 146 Å². The number of benzene rings is 1. The molecule has 1 aromatic carbocycles. The van der Waals surface area contributed by atoms with E-state index in [1.165, 1.54) is 5.56 Å². The molecule has 2 heterocycles. The van der Waals surface area contributed by atoms with Crippen LogP contribution < -0.4 is 0 Å². The molecule has 5 heteroatoms. The summed E-state index contributed by atoms with van der Waals surface area (Å²) in [5.74, 6) is 0.382. The van der Waals surface area contributed by atoms with Crippen LogP contribution in [0.5, 0.6) is 0 Å². The second kappa shape index (κ2) is 8.06. The van der Waals surface area contributed by atoms with E-state index in [0.29, 0.717) is 24.5 Å². The van der Waals surface area contributed by atoms with Gasteiger partial charge in [-0.05, 0) is 24.1 Å². The average Bonchev–Trinajstić information content (AvgIpc) is 3.16. The van der Waals surface area contributed by atoms with E-state index < -0.39 is 0 Å². The molecule has 5 nitrogen and oxygen atoms in total. The Balaban J connectivity index is 1.72. The maximum atomic E-state index is 12.7. The molecule has 1 amide bonds. The third-order valence-corrected chi connectivity index (χ3v) is 3.84. The van der Waals surface area contributed by atoms with Crippen molar-refractivity contribution in [3.63, 3.8) is 0 Å². The molecule has 25 heavy (non-hydrogen) atoms. The fourth-order valence-corrected chi connectivity index (χ4v) is 2.53. The summed E-state index contributed by atoms with van der Waals surface area (Å²) >= 11 is 0. The number of hydrogen-bond acceptors (Lipinski definition) is 4. The van der Waals surface area contributed by atoms with Crippen molar-refractivity contribution in [2.45, 2.75) is 6.42 Å². The first-order valence-corrected chi connectivity index (χ1v) is 8.09. The number of carbonyl (C=O) groups is 1. The van der Waals surface area contributed by atoms with Crippen molar-refractivity contribution in [2.75, 3.05) is 13.1 Å². The van der Waals surface area contributed by atoms with Crippen molar-refractivity contribution < 1.29 is 9.32 Å². The molecule has 2 aromatic heterocycles. The normalized spacial score (nSPS) is 10.4. The lowest BCUT2D eigenvalue weighted by Gasteiger charge is -2.19. The molecule has 0 aliphatic rings. The summed E-state index contributed by atoms with van der Waals surface area (Å²) in [5.41, 5.74) is 2.31. The van der Waals surface area contributed by atoms with Gasteiger partial charge in [0, 0.05) is 37.1 Å². The highest BCUT2D eigenvalue weighted by Gasteiger charge is 2.19. The Morgan fingerprint density at radius 1 is 1.16 bits per heavy atom. The van der Waals surface area contributed by atoms with Crippen LogP contribution in [-0.2, 0) is 6.42 Å². The fourth-order valence-electron chi connectivity index (χ4n) is 2.53. The van der Waals surface area contributed by atoms with Gasteiger partial charge in [0.15, 0.2) is 11.5 Å². The van der Waals surface area contributed by atoms with Gasteiger partial charge in [0.05, 0.1) is 0 Å². The number of pyridine rings is 1. The summed E-state index contributed by atoms with van der Waals surface area (Å²) in [7, 11) is 0. The zero-order chi connectivity index (χ0) is 17.5. The highest BCUT2D eigenvalue weighted by molar-refractivity contribution is 5.93. The van der Waals surface area contributed by atoms with E-state index in [1.807, 2.05) is 42.5 Å². The SMILES string of the molecule is C=CCN(CCc1ccccc1)C(=O)c1cc(-c2ccncc2)on1. The summed E-state index contributed by atoms with van der Waals surface area (Å²) in [6, 6.07) is 15.4. The van der Waals surface area contributed by atoms with E-state index in [4.69, 9.17) is 4.52 Å². The highest BCUT2D eigenvalue weighted by atomic mass is 16.5. The number of hydrogen-bond donors (Lipinski definition) is 0. The van der Waals surface area contributed by atoms with Crippen LogP contribution in [0.25, 0.3) is 11.3 Å². The number of carbonyl (C=O) groups excluding carboxylic acids is 1. The van der Waals surface area contributed by atoms with Gasteiger partial charge in [-0.3, -0.25) is 9.78 Å². The minimum Gasteiger partial charge on any atom is -0.355 e. The lowest BCUT2D eigenvalue weighted by molar-refractivity contribution is 0.0765. The van der Waals surface area contributed by atoms with E-state index >= 15 is 0 Å². The van der Waals surface area contributed by atoms with E-state index in [9.17, 15) is 4.79 Å². The Morgan fingerprint density at radius 2 is 1.92 bits per heavy atom. The second-order valence-electron chi connectivity index (χ2n) is 5.59. The molecule has 0 spiro atoms. The van der Waals surface area contributed by atoms with Crippen LogP contribution in [-0.4, -0.2) is 34.0 Å². The third kappa shape index (κ3) is 4.20. The van der Waals surface area contributed by atoms with Crippen molar-refractivity contribution >= 4 is 5.91 Å². The van der Waals surface area contributed by atoms with Crippen molar-refractivity contribution in [1.29, 1.82) is 0 Å². The molecule has 0 aliphatic carbocycles. The molecular weight excluding hydrogens is 314 g/mol. The molecule has 0 radical (unpaired) electrons. The Bertz CT molecular complexity index is 828. The maximum absolute atomic E-state index is 12.7. The Hall–Kier alpha value is -3.21. The summed E-state index contributed by atoms with van der Waals surface area (Å²) < 4.78 is 5.31. The van der Waals surface area contributed by atoms with Gasteiger partial charge in [-0.1, -0.05) is 41.6 Å². The predicted octanol–water partition coefficient (Wildman–Crippen LogP) is 3.61. The van der Waals surface area contributed by atoms with Gasteiger partial charge in [-0.2, -0.15) is 0 Å². The van der Waals surface area contributed by atoms with E-state index in [1.54, 1.807) is 29.4 Å². The minimum absolute atomic E-state index is 0.167. The molecule has 0 unspecified atom stereocenters. The van der Waals surface area contributed by atoms with Gasteiger partial charge in [-0.15, -0.1) is 6.58 Å². The van der Waals surface area contributed by atoms with Crippen LogP contribution in [0.2, 0.25) is 0 Å². The first kappa shape index (κ1) is 16.6. The van der Waals surface area contributed by atoms with E-state index in [-0.39, 0.29) is 5.91 Å². The summed E-state index contributed by atoms with van der Waals surface area (Å²) in [5, 5.41) is 3.93. The van der Waals surface area contributed by atoms with Crippen molar-refractivity contribution in [3.05, 3.63) is 84.8 Å².